The Labute approximate surface area is 185 Å². The van der Waals surface area contributed by atoms with Crippen LogP contribution in [0.5, 0.6) is 0 Å². The number of hydrogen-bond donors (Lipinski definition) is 1. The Morgan fingerprint density at radius 1 is 1.10 bits per heavy atom. The van der Waals surface area contributed by atoms with Crippen molar-refractivity contribution in [1.82, 2.24) is 9.62 Å². The average Bonchev–Trinajstić information content (AvgIpc) is 3.02. The lowest BCUT2D eigenvalue weighted by Gasteiger charge is -2.32. The summed E-state index contributed by atoms with van der Waals surface area (Å²) in [5.74, 6) is 0.000237. The molecule has 1 aliphatic heterocycles. The first-order valence-electron chi connectivity index (χ1n) is 11.5. The number of amides is 2. The Bertz CT molecular complexity index is 952. The maximum absolute atomic E-state index is 13.1. The minimum Gasteiger partial charge on any atom is -0.352 e. The number of rotatable bonds is 6. The summed E-state index contributed by atoms with van der Waals surface area (Å²) in [6.45, 7) is 1.81. The van der Waals surface area contributed by atoms with Crippen molar-refractivity contribution in [3.8, 4) is 0 Å². The normalized spacial score (nSPS) is 22.3. The Kier molecular flexibility index (Phi) is 6.40. The van der Waals surface area contributed by atoms with E-state index in [4.69, 9.17) is 0 Å². The van der Waals surface area contributed by atoms with Crippen LogP contribution in [0.1, 0.15) is 63.9 Å². The number of nitrogens with one attached hydrogen (secondary N) is 1. The van der Waals surface area contributed by atoms with Crippen LogP contribution in [0.25, 0.3) is 0 Å². The second kappa shape index (κ2) is 8.90. The molecule has 1 atom stereocenters. The van der Waals surface area contributed by atoms with Crippen LogP contribution >= 0.6 is 0 Å². The molecule has 2 aliphatic carbocycles. The van der Waals surface area contributed by atoms with Gasteiger partial charge in [-0.15, -0.1) is 0 Å². The quantitative estimate of drug-likeness (QED) is 0.727. The molecule has 2 amide bonds. The lowest BCUT2D eigenvalue weighted by Crippen LogP contribution is -2.43. The summed E-state index contributed by atoms with van der Waals surface area (Å²) in [6.07, 6.45) is 8.95. The largest absolute Gasteiger partial charge is 0.352 e. The van der Waals surface area contributed by atoms with Gasteiger partial charge in [-0.3, -0.25) is 9.59 Å². The van der Waals surface area contributed by atoms with E-state index in [9.17, 15) is 18.0 Å². The fourth-order valence-corrected chi connectivity index (χ4v) is 6.12. The smallest absolute Gasteiger partial charge is 0.243 e. The average molecular weight is 448 g/mol. The molecule has 1 unspecified atom stereocenters. The first kappa shape index (κ1) is 22.3. The van der Waals surface area contributed by atoms with Gasteiger partial charge in [-0.25, -0.2) is 8.42 Å². The number of likely N-dealkylation sites (N-methyl/N-ethyl adjacent to an activating group) is 1. The van der Waals surface area contributed by atoms with Gasteiger partial charge in [0.25, 0.3) is 0 Å². The molecule has 3 aliphatic rings. The van der Waals surface area contributed by atoms with Crippen LogP contribution in [-0.4, -0.2) is 50.2 Å². The predicted molar refractivity (Wildman–Crippen MR) is 119 cm³/mol. The summed E-state index contributed by atoms with van der Waals surface area (Å²) in [4.78, 5) is 27.2. The number of carbonyl (C=O) groups excluding carboxylic acids is 2. The zero-order chi connectivity index (χ0) is 22.2. The third kappa shape index (κ3) is 4.51. The van der Waals surface area contributed by atoms with Crippen molar-refractivity contribution >= 4 is 27.5 Å². The first-order chi connectivity index (χ1) is 14.8. The Morgan fingerprint density at radius 2 is 1.81 bits per heavy atom. The number of benzene rings is 1. The summed E-state index contributed by atoms with van der Waals surface area (Å²) in [7, 11) is -2.35. The number of sulfonamides is 1. The molecule has 0 bridgehead atoms. The summed E-state index contributed by atoms with van der Waals surface area (Å²) in [5.41, 5.74) is 1.70. The molecule has 0 saturated heterocycles. The van der Waals surface area contributed by atoms with Crippen molar-refractivity contribution in [2.75, 3.05) is 18.5 Å². The molecule has 8 heteroatoms. The van der Waals surface area contributed by atoms with Crippen molar-refractivity contribution in [3.05, 3.63) is 23.8 Å². The summed E-state index contributed by atoms with van der Waals surface area (Å²) >= 11 is 0. The van der Waals surface area contributed by atoms with Gasteiger partial charge in [0.15, 0.2) is 0 Å². The molecule has 2 fully saturated rings. The Balaban J connectivity index is 1.45. The molecular formula is C23H33N3O4S. The topological polar surface area (TPSA) is 86.8 Å². The van der Waals surface area contributed by atoms with Crippen LogP contribution in [0.3, 0.4) is 0 Å². The monoisotopic (exact) mass is 447 g/mol. The molecule has 1 aromatic rings. The molecule has 2 saturated carbocycles. The van der Waals surface area contributed by atoms with Gasteiger partial charge in [-0.2, -0.15) is 4.31 Å². The van der Waals surface area contributed by atoms with E-state index in [0.717, 1.165) is 60.5 Å². The minimum absolute atomic E-state index is 0.0278. The predicted octanol–water partition coefficient (Wildman–Crippen LogP) is 2.83. The molecule has 1 aromatic carbocycles. The standard InChI is InChI=1S/C23H33N3O4S/c1-16-13-18-14-20(11-12-21(18)26(16)23(28)17-7-6-8-17)31(29,30)25(2)15-22(27)24-19-9-4-3-5-10-19/h11-12,14,16-17,19H,3-10,13,15H2,1-2H3,(H,24,27). The fraction of sp³-hybridized carbons (Fsp3) is 0.652. The third-order valence-corrected chi connectivity index (χ3v) is 8.80. The number of carbonyl (C=O) groups is 2. The van der Waals surface area contributed by atoms with E-state index in [2.05, 4.69) is 5.32 Å². The molecule has 1 heterocycles. The van der Waals surface area contributed by atoms with E-state index in [1.165, 1.54) is 13.5 Å². The molecule has 170 valence electrons. The van der Waals surface area contributed by atoms with Crippen LogP contribution in [0.2, 0.25) is 0 Å². The highest BCUT2D eigenvalue weighted by Crippen LogP contribution is 2.38. The van der Waals surface area contributed by atoms with Crippen LogP contribution < -0.4 is 10.2 Å². The van der Waals surface area contributed by atoms with Crippen molar-refractivity contribution in [3.63, 3.8) is 0 Å². The molecule has 31 heavy (non-hydrogen) atoms. The van der Waals surface area contributed by atoms with Crippen LogP contribution in [0.15, 0.2) is 23.1 Å². The maximum Gasteiger partial charge on any atom is 0.243 e. The van der Waals surface area contributed by atoms with Crippen molar-refractivity contribution in [2.24, 2.45) is 5.92 Å². The number of nitrogens with zero attached hydrogens (tertiary/aromatic N) is 2. The van der Waals surface area contributed by atoms with Gasteiger partial charge in [0.1, 0.15) is 0 Å². The van der Waals surface area contributed by atoms with Gasteiger partial charge < -0.3 is 10.2 Å². The Hall–Kier alpha value is -1.93. The fourth-order valence-electron chi connectivity index (χ4n) is 4.94. The van der Waals surface area contributed by atoms with E-state index in [-0.39, 0.29) is 41.3 Å². The van der Waals surface area contributed by atoms with E-state index in [0.29, 0.717) is 6.42 Å². The van der Waals surface area contributed by atoms with Crippen molar-refractivity contribution in [2.45, 2.75) is 81.7 Å². The van der Waals surface area contributed by atoms with E-state index >= 15 is 0 Å². The van der Waals surface area contributed by atoms with E-state index < -0.39 is 10.0 Å². The van der Waals surface area contributed by atoms with Gasteiger partial charge >= 0.3 is 0 Å². The summed E-state index contributed by atoms with van der Waals surface area (Å²) in [5, 5.41) is 2.97. The zero-order valence-corrected chi connectivity index (χ0v) is 19.3. The first-order valence-corrected chi connectivity index (χ1v) is 12.9. The highest BCUT2D eigenvalue weighted by Gasteiger charge is 2.37. The lowest BCUT2D eigenvalue weighted by atomic mass is 9.84. The van der Waals surface area contributed by atoms with Crippen LogP contribution in [0, 0.1) is 5.92 Å². The molecular weight excluding hydrogens is 414 g/mol. The number of fused-ring (bicyclic) bond motifs is 1. The van der Waals surface area contributed by atoms with Crippen molar-refractivity contribution in [1.29, 1.82) is 0 Å². The Morgan fingerprint density at radius 3 is 2.45 bits per heavy atom. The number of anilines is 1. The number of hydrogen-bond acceptors (Lipinski definition) is 4. The second-order valence-corrected chi connectivity index (χ2v) is 11.4. The molecule has 0 aromatic heterocycles. The highest BCUT2D eigenvalue weighted by atomic mass is 32.2. The molecule has 7 nitrogen and oxygen atoms in total. The highest BCUT2D eigenvalue weighted by molar-refractivity contribution is 7.89. The zero-order valence-electron chi connectivity index (χ0n) is 18.5. The molecule has 0 radical (unpaired) electrons. The summed E-state index contributed by atoms with van der Waals surface area (Å²) in [6, 6.07) is 5.16. The third-order valence-electron chi connectivity index (χ3n) is 7.00. The minimum atomic E-state index is -3.79. The summed E-state index contributed by atoms with van der Waals surface area (Å²) < 4.78 is 27.3. The van der Waals surface area contributed by atoms with E-state index in [1.807, 2.05) is 11.8 Å². The van der Waals surface area contributed by atoms with Gasteiger partial charge in [-0.1, -0.05) is 25.7 Å². The molecule has 1 N–H and O–H groups in total. The maximum atomic E-state index is 13.1. The molecule has 4 rings (SSSR count). The van der Waals surface area contributed by atoms with Gasteiger partial charge in [0.05, 0.1) is 11.4 Å². The second-order valence-electron chi connectivity index (χ2n) is 9.34. The lowest BCUT2D eigenvalue weighted by molar-refractivity contribution is -0.125. The van der Waals surface area contributed by atoms with Crippen molar-refractivity contribution < 1.29 is 18.0 Å². The molecule has 0 spiro atoms. The van der Waals surface area contributed by atoms with Gasteiger partial charge in [-0.05, 0) is 62.8 Å². The van der Waals surface area contributed by atoms with Crippen LogP contribution in [0.4, 0.5) is 5.69 Å². The van der Waals surface area contributed by atoms with Crippen LogP contribution in [-0.2, 0) is 26.0 Å². The van der Waals surface area contributed by atoms with Gasteiger partial charge in [0, 0.05) is 30.7 Å². The SMILES string of the molecule is CC1Cc2cc(S(=O)(=O)N(C)CC(=O)NC3CCCCC3)ccc2N1C(=O)C1CCC1. The van der Waals surface area contributed by atoms with E-state index in [1.54, 1.807) is 18.2 Å². The van der Waals surface area contributed by atoms with Gasteiger partial charge in [0.2, 0.25) is 21.8 Å².